The maximum atomic E-state index is 12.6. The highest BCUT2D eigenvalue weighted by Crippen LogP contribution is 2.27. The highest BCUT2D eigenvalue weighted by atomic mass is 16.2. The van der Waals surface area contributed by atoms with Crippen molar-refractivity contribution in [2.45, 2.75) is 18.9 Å². The summed E-state index contributed by atoms with van der Waals surface area (Å²) in [6.07, 6.45) is 6.99. The molecular weight excluding hydrogens is 252 g/mol. The Balaban J connectivity index is 1.86. The van der Waals surface area contributed by atoms with Crippen LogP contribution in [-0.4, -0.2) is 22.0 Å². The molecule has 0 saturated carbocycles. The van der Waals surface area contributed by atoms with Crippen molar-refractivity contribution in [3.05, 3.63) is 48.5 Å². The first kappa shape index (κ1) is 12.4. The topological polar surface area (TPSA) is 61.9 Å². The number of piperidine rings is 1. The first-order valence-corrected chi connectivity index (χ1v) is 6.58. The van der Waals surface area contributed by atoms with E-state index in [-0.39, 0.29) is 11.9 Å². The van der Waals surface area contributed by atoms with Crippen molar-refractivity contribution < 1.29 is 4.79 Å². The number of nitrogens with zero attached hydrogens (tertiary/aromatic N) is 4. The number of amides is 1. The maximum absolute atomic E-state index is 12.6. The molecule has 0 spiro atoms. The van der Waals surface area contributed by atoms with Crippen LogP contribution in [0.4, 0.5) is 5.69 Å². The maximum Gasteiger partial charge on any atom is 0.250 e. The number of imidazole rings is 1. The van der Waals surface area contributed by atoms with Gasteiger partial charge in [-0.15, -0.1) is 0 Å². The Bertz CT molecular complexity index is 640. The largest absolute Gasteiger partial charge is 0.325 e. The van der Waals surface area contributed by atoms with E-state index >= 15 is 0 Å². The molecular formula is C15H14N4O. The first-order chi connectivity index (χ1) is 9.79. The standard InChI is InChI=1S/C15H14N4O/c16-10-12-3-5-13(6-4-12)19-8-1-2-14(15(19)20)18-9-7-17-11-18/h3-7,9,11,14H,1-2,8H2/t14-/m0/s1. The molecule has 0 N–H and O–H groups in total. The molecule has 1 saturated heterocycles. The highest BCUT2D eigenvalue weighted by molar-refractivity contribution is 5.96. The number of aromatic nitrogens is 2. The molecule has 0 aliphatic carbocycles. The molecule has 2 aromatic rings. The predicted octanol–water partition coefficient (Wildman–Crippen LogP) is 2.12. The van der Waals surface area contributed by atoms with Crippen molar-refractivity contribution in [2.75, 3.05) is 11.4 Å². The van der Waals surface area contributed by atoms with E-state index in [1.54, 1.807) is 29.6 Å². The molecule has 1 amide bonds. The van der Waals surface area contributed by atoms with Crippen molar-refractivity contribution in [2.24, 2.45) is 0 Å². The highest BCUT2D eigenvalue weighted by Gasteiger charge is 2.30. The number of nitriles is 1. The predicted molar refractivity (Wildman–Crippen MR) is 74.0 cm³/mol. The second-order valence-electron chi connectivity index (χ2n) is 4.82. The molecule has 0 bridgehead atoms. The molecule has 1 aliphatic heterocycles. The van der Waals surface area contributed by atoms with Crippen molar-refractivity contribution in [1.29, 1.82) is 5.26 Å². The van der Waals surface area contributed by atoms with E-state index in [1.165, 1.54) is 0 Å². The van der Waals surface area contributed by atoms with Gasteiger partial charge in [-0.3, -0.25) is 4.79 Å². The molecule has 0 unspecified atom stereocenters. The second kappa shape index (κ2) is 5.17. The van der Waals surface area contributed by atoms with Crippen molar-refractivity contribution >= 4 is 11.6 Å². The molecule has 1 aliphatic rings. The van der Waals surface area contributed by atoms with Crippen molar-refractivity contribution in [1.82, 2.24) is 9.55 Å². The second-order valence-corrected chi connectivity index (χ2v) is 4.82. The van der Waals surface area contributed by atoms with E-state index in [0.29, 0.717) is 5.56 Å². The van der Waals surface area contributed by atoms with E-state index < -0.39 is 0 Å². The summed E-state index contributed by atoms with van der Waals surface area (Å²) in [6.45, 7) is 0.718. The molecule has 5 heteroatoms. The third-order valence-electron chi connectivity index (χ3n) is 3.60. The number of hydrogen-bond donors (Lipinski definition) is 0. The summed E-state index contributed by atoms with van der Waals surface area (Å²) in [5.41, 5.74) is 1.45. The fraction of sp³-hybridized carbons (Fsp3) is 0.267. The van der Waals surface area contributed by atoms with Gasteiger partial charge < -0.3 is 9.47 Å². The summed E-state index contributed by atoms with van der Waals surface area (Å²) >= 11 is 0. The molecule has 20 heavy (non-hydrogen) atoms. The number of anilines is 1. The Morgan fingerprint density at radius 1 is 1.30 bits per heavy atom. The van der Waals surface area contributed by atoms with E-state index in [1.807, 2.05) is 22.9 Å². The quantitative estimate of drug-likeness (QED) is 0.836. The lowest BCUT2D eigenvalue weighted by atomic mass is 10.0. The van der Waals surface area contributed by atoms with Crippen LogP contribution in [-0.2, 0) is 4.79 Å². The number of carbonyl (C=O) groups excluding carboxylic acids is 1. The molecule has 1 aromatic carbocycles. The van der Waals surface area contributed by atoms with Gasteiger partial charge in [0.2, 0.25) is 5.91 Å². The van der Waals surface area contributed by atoms with Crippen LogP contribution in [0.1, 0.15) is 24.4 Å². The summed E-state index contributed by atoms with van der Waals surface area (Å²) in [4.78, 5) is 18.4. The summed E-state index contributed by atoms with van der Waals surface area (Å²) < 4.78 is 1.86. The molecule has 2 heterocycles. The average molecular weight is 266 g/mol. The lowest BCUT2D eigenvalue weighted by Gasteiger charge is -2.32. The third kappa shape index (κ3) is 2.16. The van der Waals surface area contributed by atoms with Crippen molar-refractivity contribution in [3.8, 4) is 6.07 Å². The smallest absolute Gasteiger partial charge is 0.250 e. The van der Waals surface area contributed by atoms with Gasteiger partial charge in [0.1, 0.15) is 6.04 Å². The monoisotopic (exact) mass is 266 g/mol. The van der Waals surface area contributed by atoms with Crippen LogP contribution < -0.4 is 4.90 Å². The molecule has 1 fully saturated rings. The van der Waals surface area contributed by atoms with Gasteiger partial charge >= 0.3 is 0 Å². The molecule has 3 rings (SSSR count). The Morgan fingerprint density at radius 3 is 2.75 bits per heavy atom. The molecule has 100 valence electrons. The van der Waals surface area contributed by atoms with Gasteiger partial charge in [0.15, 0.2) is 0 Å². The van der Waals surface area contributed by atoms with E-state index in [0.717, 1.165) is 25.1 Å². The first-order valence-electron chi connectivity index (χ1n) is 6.58. The van der Waals surface area contributed by atoms with Gasteiger partial charge in [-0.05, 0) is 37.1 Å². The van der Waals surface area contributed by atoms with Crippen LogP contribution in [0.2, 0.25) is 0 Å². The fourth-order valence-corrected chi connectivity index (χ4v) is 2.56. The van der Waals surface area contributed by atoms with E-state index in [4.69, 9.17) is 5.26 Å². The molecule has 5 nitrogen and oxygen atoms in total. The minimum atomic E-state index is -0.179. The summed E-state index contributed by atoms with van der Waals surface area (Å²) in [5, 5.41) is 8.82. The SMILES string of the molecule is N#Cc1ccc(N2CCC[C@H](n3ccnc3)C2=O)cc1. The number of rotatable bonds is 2. The zero-order valence-electron chi connectivity index (χ0n) is 10.9. The van der Waals surface area contributed by atoms with Crippen LogP contribution in [0, 0.1) is 11.3 Å². The van der Waals surface area contributed by atoms with Crippen LogP contribution in [0.15, 0.2) is 43.0 Å². The Morgan fingerprint density at radius 2 is 2.10 bits per heavy atom. The van der Waals surface area contributed by atoms with Crippen LogP contribution >= 0.6 is 0 Å². The Labute approximate surface area is 117 Å². The summed E-state index contributed by atoms with van der Waals surface area (Å²) in [5.74, 6) is 0.0824. The van der Waals surface area contributed by atoms with Gasteiger partial charge in [0, 0.05) is 24.6 Å². The lowest BCUT2D eigenvalue weighted by Crippen LogP contribution is -2.42. The Hall–Kier alpha value is -2.61. The molecule has 1 atom stereocenters. The summed E-state index contributed by atoms with van der Waals surface area (Å²) in [7, 11) is 0. The number of hydrogen-bond acceptors (Lipinski definition) is 3. The zero-order chi connectivity index (χ0) is 13.9. The normalized spacial score (nSPS) is 18.9. The minimum absolute atomic E-state index is 0.0824. The van der Waals surface area contributed by atoms with Gasteiger partial charge in [-0.2, -0.15) is 5.26 Å². The molecule has 1 aromatic heterocycles. The zero-order valence-corrected chi connectivity index (χ0v) is 10.9. The van der Waals surface area contributed by atoms with Crippen LogP contribution in [0.3, 0.4) is 0 Å². The lowest BCUT2D eigenvalue weighted by molar-refractivity contribution is -0.123. The summed E-state index contributed by atoms with van der Waals surface area (Å²) in [6, 6.07) is 9.04. The fourth-order valence-electron chi connectivity index (χ4n) is 2.56. The minimum Gasteiger partial charge on any atom is -0.325 e. The van der Waals surface area contributed by atoms with Gasteiger partial charge in [0.05, 0.1) is 18.0 Å². The van der Waals surface area contributed by atoms with Crippen molar-refractivity contribution in [3.63, 3.8) is 0 Å². The van der Waals surface area contributed by atoms with E-state index in [9.17, 15) is 4.79 Å². The van der Waals surface area contributed by atoms with Gasteiger partial charge in [0.25, 0.3) is 0 Å². The van der Waals surface area contributed by atoms with Crippen LogP contribution in [0.5, 0.6) is 0 Å². The number of carbonyl (C=O) groups is 1. The third-order valence-corrected chi connectivity index (χ3v) is 3.60. The van der Waals surface area contributed by atoms with E-state index in [2.05, 4.69) is 11.1 Å². The van der Waals surface area contributed by atoms with Crippen LogP contribution in [0.25, 0.3) is 0 Å². The van der Waals surface area contributed by atoms with Gasteiger partial charge in [-0.1, -0.05) is 0 Å². The number of benzene rings is 1. The average Bonchev–Trinajstić information content (AvgIpc) is 3.02. The Kier molecular flexibility index (Phi) is 3.21. The van der Waals surface area contributed by atoms with Gasteiger partial charge in [-0.25, -0.2) is 4.98 Å². The molecule has 0 radical (unpaired) electrons.